The van der Waals surface area contributed by atoms with Crippen LogP contribution in [0.3, 0.4) is 0 Å². The first-order valence-electron chi connectivity index (χ1n) is 7.78. The predicted octanol–water partition coefficient (Wildman–Crippen LogP) is 2.27. The predicted molar refractivity (Wildman–Crippen MR) is 96.0 cm³/mol. The number of nitrogens with zero attached hydrogens (tertiary/aromatic N) is 4. The molecule has 7 heteroatoms. The van der Waals surface area contributed by atoms with Gasteiger partial charge in [0.15, 0.2) is 6.61 Å². The van der Waals surface area contributed by atoms with E-state index in [1.165, 1.54) is 0 Å². The zero-order valence-corrected chi connectivity index (χ0v) is 13.7. The molecule has 1 heterocycles. The summed E-state index contributed by atoms with van der Waals surface area (Å²) in [5, 5.41) is 12.6. The maximum absolute atomic E-state index is 11.7. The highest BCUT2D eigenvalue weighted by Gasteiger charge is 2.01. The minimum atomic E-state index is -0.374. The molecule has 128 valence electrons. The third-order valence-corrected chi connectivity index (χ3v) is 3.45. The Labute approximate surface area is 150 Å². The molecule has 0 bridgehead atoms. The van der Waals surface area contributed by atoms with E-state index in [2.05, 4.69) is 15.5 Å². The number of imidazole rings is 1. The molecule has 1 amide bonds. The van der Waals surface area contributed by atoms with Gasteiger partial charge in [-0.2, -0.15) is 10.4 Å². The van der Waals surface area contributed by atoms with Crippen LogP contribution in [0.4, 0.5) is 0 Å². The number of benzene rings is 2. The Morgan fingerprint density at radius 3 is 2.65 bits per heavy atom. The first-order chi connectivity index (χ1) is 12.7. The lowest BCUT2D eigenvalue weighted by Gasteiger charge is -2.05. The van der Waals surface area contributed by atoms with Gasteiger partial charge in [0, 0.05) is 18.1 Å². The molecule has 0 spiro atoms. The summed E-state index contributed by atoms with van der Waals surface area (Å²) in [5.41, 5.74) is 4.77. The van der Waals surface area contributed by atoms with E-state index in [0.29, 0.717) is 11.3 Å². The molecule has 0 saturated carbocycles. The van der Waals surface area contributed by atoms with Crippen LogP contribution < -0.4 is 10.2 Å². The lowest BCUT2D eigenvalue weighted by molar-refractivity contribution is -0.123. The summed E-state index contributed by atoms with van der Waals surface area (Å²) in [5.74, 6) is 0.138. The van der Waals surface area contributed by atoms with E-state index in [9.17, 15) is 4.79 Å². The van der Waals surface area contributed by atoms with Gasteiger partial charge in [0.05, 0.1) is 24.2 Å². The number of nitrogens with one attached hydrogen (secondary N) is 1. The molecule has 0 aliphatic rings. The molecule has 3 aromatic rings. The van der Waals surface area contributed by atoms with E-state index < -0.39 is 0 Å². The lowest BCUT2D eigenvalue weighted by Crippen LogP contribution is -2.24. The summed E-state index contributed by atoms with van der Waals surface area (Å²) in [6.45, 7) is -0.164. The fourth-order valence-corrected chi connectivity index (χ4v) is 2.13. The second kappa shape index (κ2) is 8.26. The third kappa shape index (κ3) is 4.55. The number of nitriles is 1. The summed E-state index contributed by atoms with van der Waals surface area (Å²) >= 11 is 0. The highest BCUT2D eigenvalue weighted by atomic mass is 16.5. The second-order valence-electron chi connectivity index (χ2n) is 5.28. The van der Waals surface area contributed by atoms with Crippen molar-refractivity contribution in [2.24, 2.45) is 5.10 Å². The molecule has 0 aliphatic heterocycles. The van der Waals surface area contributed by atoms with Crippen LogP contribution in [0.2, 0.25) is 0 Å². The van der Waals surface area contributed by atoms with Crippen molar-refractivity contribution in [1.82, 2.24) is 15.0 Å². The first kappa shape index (κ1) is 16.9. The summed E-state index contributed by atoms with van der Waals surface area (Å²) in [7, 11) is 0. The van der Waals surface area contributed by atoms with E-state index in [4.69, 9.17) is 10.00 Å². The van der Waals surface area contributed by atoms with Crippen molar-refractivity contribution in [3.8, 4) is 17.5 Å². The van der Waals surface area contributed by atoms with Crippen molar-refractivity contribution in [1.29, 1.82) is 5.26 Å². The number of aromatic nitrogens is 2. The molecule has 0 unspecified atom stereocenters. The molecule has 0 fully saturated rings. The van der Waals surface area contributed by atoms with Crippen LogP contribution in [0.25, 0.3) is 5.69 Å². The topological polar surface area (TPSA) is 92.3 Å². The number of amides is 1. The Morgan fingerprint density at radius 1 is 1.23 bits per heavy atom. The minimum Gasteiger partial charge on any atom is -0.484 e. The van der Waals surface area contributed by atoms with Gasteiger partial charge in [-0.05, 0) is 42.0 Å². The molecular weight excluding hydrogens is 330 g/mol. The molecule has 0 radical (unpaired) electrons. The number of hydrogen-bond acceptors (Lipinski definition) is 5. The van der Waals surface area contributed by atoms with E-state index in [1.54, 1.807) is 43.0 Å². The van der Waals surface area contributed by atoms with Crippen molar-refractivity contribution in [3.63, 3.8) is 0 Å². The van der Waals surface area contributed by atoms with Crippen LogP contribution in [0.1, 0.15) is 11.1 Å². The third-order valence-electron chi connectivity index (χ3n) is 3.45. The highest BCUT2D eigenvalue weighted by Crippen LogP contribution is 2.11. The monoisotopic (exact) mass is 345 g/mol. The lowest BCUT2D eigenvalue weighted by atomic mass is 10.2. The fourth-order valence-electron chi connectivity index (χ4n) is 2.13. The van der Waals surface area contributed by atoms with Gasteiger partial charge in [0.2, 0.25) is 0 Å². The second-order valence-corrected chi connectivity index (χ2v) is 5.28. The molecule has 26 heavy (non-hydrogen) atoms. The molecule has 0 atom stereocenters. The van der Waals surface area contributed by atoms with Crippen molar-refractivity contribution in [2.45, 2.75) is 0 Å². The Balaban J connectivity index is 1.47. The van der Waals surface area contributed by atoms with Crippen molar-refractivity contribution in [3.05, 3.63) is 78.4 Å². The molecule has 1 N–H and O–H groups in total. The van der Waals surface area contributed by atoms with Gasteiger partial charge in [-0.1, -0.05) is 12.1 Å². The smallest absolute Gasteiger partial charge is 0.277 e. The van der Waals surface area contributed by atoms with Crippen LogP contribution in [-0.2, 0) is 4.79 Å². The summed E-state index contributed by atoms with van der Waals surface area (Å²) in [4.78, 5) is 15.7. The number of ether oxygens (including phenoxy) is 1. The number of carbonyl (C=O) groups excluding carboxylic acids is 1. The number of hydrogen-bond donors (Lipinski definition) is 1. The van der Waals surface area contributed by atoms with E-state index in [0.717, 1.165) is 11.3 Å². The van der Waals surface area contributed by atoms with Gasteiger partial charge >= 0.3 is 0 Å². The molecular formula is C19H15N5O2. The van der Waals surface area contributed by atoms with Crippen LogP contribution >= 0.6 is 0 Å². The van der Waals surface area contributed by atoms with Gasteiger partial charge < -0.3 is 9.30 Å². The number of carbonyl (C=O) groups is 1. The quantitative estimate of drug-likeness (QED) is 0.548. The maximum atomic E-state index is 11.7. The molecule has 2 aromatic carbocycles. The van der Waals surface area contributed by atoms with Crippen molar-refractivity contribution >= 4 is 12.1 Å². The average molecular weight is 345 g/mol. The van der Waals surface area contributed by atoms with Crippen molar-refractivity contribution < 1.29 is 9.53 Å². The summed E-state index contributed by atoms with van der Waals surface area (Å²) < 4.78 is 7.22. The molecule has 7 nitrogen and oxygen atoms in total. The largest absolute Gasteiger partial charge is 0.484 e. The minimum absolute atomic E-state index is 0.164. The maximum Gasteiger partial charge on any atom is 0.277 e. The Kier molecular flexibility index (Phi) is 5.38. The van der Waals surface area contributed by atoms with Crippen LogP contribution in [0.5, 0.6) is 5.75 Å². The molecule has 3 rings (SSSR count). The molecule has 0 aliphatic carbocycles. The van der Waals surface area contributed by atoms with E-state index in [1.807, 2.05) is 41.1 Å². The SMILES string of the molecule is N#Cc1ccc(OCC(=O)N/N=C/c2ccc(-n3ccnc3)cc2)cc1. The Morgan fingerprint density at radius 2 is 2.00 bits per heavy atom. The van der Waals surface area contributed by atoms with Gasteiger partial charge in [0.1, 0.15) is 5.75 Å². The standard InChI is InChI=1S/C19H15N5O2/c20-11-15-3-7-18(8-4-15)26-13-19(25)23-22-12-16-1-5-17(6-2-16)24-10-9-21-14-24/h1-10,12,14H,13H2,(H,23,25)/b22-12+. The van der Waals surface area contributed by atoms with Crippen LogP contribution in [0, 0.1) is 11.3 Å². The summed E-state index contributed by atoms with van der Waals surface area (Å²) in [6, 6.07) is 16.2. The van der Waals surface area contributed by atoms with Gasteiger partial charge in [0.25, 0.3) is 5.91 Å². The van der Waals surface area contributed by atoms with Gasteiger partial charge in [-0.3, -0.25) is 4.79 Å². The number of hydrazone groups is 1. The molecule has 1 aromatic heterocycles. The fraction of sp³-hybridized carbons (Fsp3) is 0.0526. The number of rotatable bonds is 6. The zero-order valence-electron chi connectivity index (χ0n) is 13.7. The van der Waals surface area contributed by atoms with E-state index in [-0.39, 0.29) is 12.5 Å². The van der Waals surface area contributed by atoms with Crippen molar-refractivity contribution in [2.75, 3.05) is 6.61 Å². The van der Waals surface area contributed by atoms with Crippen LogP contribution in [-0.4, -0.2) is 28.3 Å². The average Bonchev–Trinajstić information content (AvgIpc) is 3.22. The molecule has 0 saturated heterocycles. The van der Waals surface area contributed by atoms with Crippen LogP contribution in [0.15, 0.2) is 72.4 Å². The normalized spacial score (nSPS) is 10.4. The zero-order chi connectivity index (χ0) is 18.2. The Bertz CT molecular complexity index is 924. The van der Waals surface area contributed by atoms with E-state index >= 15 is 0 Å². The van der Waals surface area contributed by atoms with Gasteiger partial charge in [-0.15, -0.1) is 0 Å². The highest BCUT2D eigenvalue weighted by molar-refractivity contribution is 5.83. The Hall–Kier alpha value is -3.92. The summed E-state index contributed by atoms with van der Waals surface area (Å²) in [6.07, 6.45) is 6.84. The van der Waals surface area contributed by atoms with Gasteiger partial charge in [-0.25, -0.2) is 10.4 Å². The first-order valence-corrected chi connectivity index (χ1v) is 7.78.